The minimum absolute atomic E-state index is 0.294. The molecule has 1 unspecified atom stereocenters. The Hall–Kier alpha value is -1.89. The SMILES string of the molecule is CCNC1CCCN(c2ccc3n[nH]c(=O)n3n2)C1. The highest BCUT2D eigenvalue weighted by molar-refractivity contribution is 5.45. The van der Waals surface area contributed by atoms with Crippen LogP contribution in [0, 0.1) is 0 Å². The number of aromatic nitrogens is 4. The number of nitrogens with one attached hydrogen (secondary N) is 2. The zero-order valence-electron chi connectivity index (χ0n) is 11.0. The Morgan fingerprint density at radius 3 is 3.26 bits per heavy atom. The number of fused-ring (bicyclic) bond motifs is 1. The average Bonchev–Trinajstić information content (AvgIpc) is 2.81. The van der Waals surface area contributed by atoms with Gasteiger partial charge in [-0.1, -0.05) is 6.92 Å². The monoisotopic (exact) mass is 262 g/mol. The predicted octanol–water partition coefficient (Wildman–Crippen LogP) is -0.00410. The second kappa shape index (κ2) is 5.00. The molecule has 0 aliphatic carbocycles. The van der Waals surface area contributed by atoms with Crippen molar-refractivity contribution in [3.8, 4) is 0 Å². The molecule has 1 saturated heterocycles. The molecule has 2 aromatic heterocycles. The Balaban J connectivity index is 1.86. The molecule has 0 amide bonds. The summed E-state index contributed by atoms with van der Waals surface area (Å²) in [6, 6.07) is 4.23. The third-order valence-corrected chi connectivity index (χ3v) is 3.50. The van der Waals surface area contributed by atoms with Gasteiger partial charge in [-0.15, -0.1) is 5.10 Å². The van der Waals surface area contributed by atoms with Gasteiger partial charge in [-0.2, -0.15) is 9.61 Å². The molecule has 2 aromatic rings. The largest absolute Gasteiger partial charge is 0.364 e. The molecule has 7 heteroatoms. The molecule has 1 aliphatic heterocycles. The first-order valence-electron chi connectivity index (χ1n) is 6.70. The molecule has 1 atom stereocenters. The van der Waals surface area contributed by atoms with Crippen LogP contribution in [0.25, 0.3) is 5.65 Å². The molecule has 1 fully saturated rings. The van der Waals surface area contributed by atoms with Gasteiger partial charge in [0.2, 0.25) is 0 Å². The number of rotatable bonds is 3. The van der Waals surface area contributed by atoms with Gasteiger partial charge >= 0.3 is 5.69 Å². The number of likely N-dealkylation sites (N-methyl/N-ethyl adjacent to an activating group) is 1. The van der Waals surface area contributed by atoms with Crippen LogP contribution in [-0.2, 0) is 0 Å². The van der Waals surface area contributed by atoms with E-state index in [0.29, 0.717) is 11.7 Å². The van der Waals surface area contributed by atoms with Gasteiger partial charge in [-0.25, -0.2) is 9.89 Å². The number of anilines is 1. The smallest absolute Gasteiger partial charge is 0.354 e. The van der Waals surface area contributed by atoms with Gasteiger partial charge in [0.1, 0.15) is 5.82 Å². The standard InChI is InChI=1S/C12H18N6O/c1-2-13-9-4-3-7-17(8-9)11-6-5-10-14-15-12(19)18(10)16-11/h5-6,9,13H,2-4,7-8H2,1H3,(H,15,19). The van der Waals surface area contributed by atoms with Crippen LogP contribution in [0.2, 0.25) is 0 Å². The fourth-order valence-corrected chi connectivity index (χ4v) is 2.60. The lowest BCUT2D eigenvalue weighted by atomic mass is 10.1. The lowest BCUT2D eigenvalue weighted by Crippen LogP contribution is -2.46. The van der Waals surface area contributed by atoms with E-state index < -0.39 is 0 Å². The molecule has 0 spiro atoms. The van der Waals surface area contributed by atoms with E-state index in [0.717, 1.165) is 31.9 Å². The Morgan fingerprint density at radius 2 is 2.42 bits per heavy atom. The van der Waals surface area contributed by atoms with E-state index in [-0.39, 0.29) is 5.69 Å². The van der Waals surface area contributed by atoms with Gasteiger partial charge in [-0.3, -0.25) is 0 Å². The van der Waals surface area contributed by atoms with E-state index in [1.807, 2.05) is 12.1 Å². The van der Waals surface area contributed by atoms with Crippen LogP contribution in [0.5, 0.6) is 0 Å². The number of hydrogen-bond acceptors (Lipinski definition) is 5. The summed E-state index contributed by atoms with van der Waals surface area (Å²) in [6.45, 7) is 5.01. The molecule has 0 radical (unpaired) electrons. The Morgan fingerprint density at radius 1 is 1.53 bits per heavy atom. The maximum atomic E-state index is 11.5. The number of nitrogens with zero attached hydrogens (tertiary/aromatic N) is 4. The van der Waals surface area contributed by atoms with Crippen molar-refractivity contribution in [3.63, 3.8) is 0 Å². The van der Waals surface area contributed by atoms with Crippen molar-refractivity contribution in [2.24, 2.45) is 0 Å². The van der Waals surface area contributed by atoms with Crippen LogP contribution >= 0.6 is 0 Å². The number of piperidine rings is 1. The molecule has 102 valence electrons. The van der Waals surface area contributed by atoms with Gasteiger partial charge in [0.15, 0.2) is 5.65 Å². The minimum Gasteiger partial charge on any atom is -0.354 e. The van der Waals surface area contributed by atoms with Crippen molar-refractivity contribution in [1.82, 2.24) is 25.1 Å². The third kappa shape index (κ3) is 2.33. The first-order chi connectivity index (χ1) is 9.28. The maximum Gasteiger partial charge on any atom is 0.364 e. The van der Waals surface area contributed by atoms with Gasteiger partial charge in [0.25, 0.3) is 0 Å². The van der Waals surface area contributed by atoms with Crippen LogP contribution < -0.4 is 15.9 Å². The predicted molar refractivity (Wildman–Crippen MR) is 72.5 cm³/mol. The maximum absolute atomic E-state index is 11.5. The molecular formula is C12H18N6O. The van der Waals surface area contributed by atoms with E-state index in [4.69, 9.17) is 0 Å². The van der Waals surface area contributed by atoms with Crippen LogP contribution in [0.3, 0.4) is 0 Å². The quantitative estimate of drug-likeness (QED) is 0.814. The fourth-order valence-electron chi connectivity index (χ4n) is 2.60. The third-order valence-electron chi connectivity index (χ3n) is 3.50. The van der Waals surface area contributed by atoms with E-state index in [2.05, 4.69) is 32.4 Å². The van der Waals surface area contributed by atoms with Gasteiger partial charge in [0.05, 0.1) is 0 Å². The van der Waals surface area contributed by atoms with Crippen molar-refractivity contribution in [2.45, 2.75) is 25.8 Å². The summed E-state index contributed by atoms with van der Waals surface area (Å²) in [5.41, 5.74) is 0.256. The normalized spacial score (nSPS) is 20.1. The first kappa shape index (κ1) is 12.2. The lowest BCUT2D eigenvalue weighted by Gasteiger charge is -2.33. The van der Waals surface area contributed by atoms with Crippen LogP contribution in [0.4, 0.5) is 5.82 Å². The summed E-state index contributed by atoms with van der Waals surface area (Å²) in [7, 11) is 0. The summed E-state index contributed by atoms with van der Waals surface area (Å²) in [5.74, 6) is 0.832. The molecule has 2 N–H and O–H groups in total. The summed E-state index contributed by atoms with van der Waals surface area (Å²) in [5, 5.41) is 14.1. The van der Waals surface area contributed by atoms with Crippen LogP contribution in [0.1, 0.15) is 19.8 Å². The lowest BCUT2D eigenvalue weighted by molar-refractivity contribution is 0.428. The molecule has 3 heterocycles. The highest BCUT2D eigenvalue weighted by Crippen LogP contribution is 2.17. The van der Waals surface area contributed by atoms with E-state index in [1.165, 1.54) is 10.9 Å². The van der Waals surface area contributed by atoms with Crippen molar-refractivity contribution in [2.75, 3.05) is 24.5 Å². The number of hydrogen-bond donors (Lipinski definition) is 2. The summed E-state index contributed by atoms with van der Waals surface area (Å²) in [4.78, 5) is 13.8. The first-order valence-corrected chi connectivity index (χ1v) is 6.70. The average molecular weight is 262 g/mol. The van der Waals surface area contributed by atoms with Crippen LogP contribution in [0.15, 0.2) is 16.9 Å². The molecular weight excluding hydrogens is 244 g/mol. The topological polar surface area (TPSA) is 78.3 Å². The second-order valence-corrected chi connectivity index (χ2v) is 4.83. The molecule has 3 rings (SSSR count). The van der Waals surface area contributed by atoms with Crippen molar-refractivity contribution >= 4 is 11.5 Å². The van der Waals surface area contributed by atoms with Crippen molar-refractivity contribution in [1.29, 1.82) is 0 Å². The van der Waals surface area contributed by atoms with Gasteiger partial charge < -0.3 is 10.2 Å². The van der Waals surface area contributed by atoms with E-state index in [1.54, 1.807) is 0 Å². The van der Waals surface area contributed by atoms with E-state index in [9.17, 15) is 4.79 Å². The Bertz CT molecular complexity index is 616. The molecule has 19 heavy (non-hydrogen) atoms. The summed E-state index contributed by atoms with van der Waals surface area (Å²) >= 11 is 0. The second-order valence-electron chi connectivity index (χ2n) is 4.83. The number of aromatic amines is 1. The number of H-pyrrole nitrogens is 1. The Kier molecular flexibility index (Phi) is 3.20. The zero-order chi connectivity index (χ0) is 13.2. The molecule has 0 saturated carbocycles. The summed E-state index contributed by atoms with van der Waals surface area (Å²) in [6.07, 6.45) is 2.33. The Labute approximate surface area is 110 Å². The molecule has 0 bridgehead atoms. The molecule has 1 aliphatic rings. The van der Waals surface area contributed by atoms with Gasteiger partial charge in [-0.05, 0) is 31.5 Å². The molecule has 0 aromatic carbocycles. The minimum atomic E-state index is -0.294. The molecule has 7 nitrogen and oxygen atoms in total. The van der Waals surface area contributed by atoms with Crippen molar-refractivity contribution < 1.29 is 0 Å². The zero-order valence-corrected chi connectivity index (χ0v) is 11.0. The summed E-state index contributed by atoms with van der Waals surface area (Å²) < 4.78 is 1.31. The van der Waals surface area contributed by atoms with Crippen LogP contribution in [-0.4, -0.2) is 45.5 Å². The fraction of sp³-hybridized carbons (Fsp3) is 0.583. The highest BCUT2D eigenvalue weighted by Gasteiger charge is 2.20. The van der Waals surface area contributed by atoms with Gasteiger partial charge in [0, 0.05) is 19.1 Å². The van der Waals surface area contributed by atoms with E-state index >= 15 is 0 Å². The van der Waals surface area contributed by atoms with Crippen molar-refractivity contribution in [3.05, 3.63) is 22.6 Å². The highest BCUT2D eigenvalue weighted by atomic mass is 16.2.